The van der Waals surface area contributed by atoms with Crippen molar-refractivity contribution in [2.45, 2.75) is 19.3 Å². The number of halogens is 4. The summed E-state index contributed by atoms with van der Waals surface area (Å²) in [6, 6.07) is 33.0. The topological polar surface area (TPSA) is 30.2 Å². The standard InChI is InChI=1S/C27H22ClF3N3P/c1-20-26(27(29,30)31)32-25-18-17-21(33-34(20)25)19-35(28,22-11-5-2-6-12-22,23-13-7-3-8-14-23)24-15-9-4-10-16-24/h2-18H,19H2,1H3. The van der Waals surface area contributed by atoms with Gasteiger partial charge in [-0.05, 0) is 0 Å². The molecule has 35 heavy (non-hydrogen) atoms. The van der Waals surface area contributed by atoms with Crippen LogP contribution in [0.15, 0.2) is 103 Å². The third kappa shape index (κ3) is 3.81. The molecule has 5 aromatic rings. The monoisotopic (exact) mass is 511 g/mol. The van der Waals surface area contributed by atoms with Gasteiger partial charge in [0.2, 0.25) is 0 Å². The van der Waals surface area contributed by atoms with Crippen LogP contribution in [0, 0.1) is 6.92 Å². The SMILES string of the molecule is Cc1c(C(F)(F)F)nc2ccc(CP(Cl)(c3ccccc3)(c3ccccc3)c3ccccc3)nn12. The second-order valence-corrected chi connectivity index (χ2v) is 15.0. The molecule has 0 saturated heterocycles. The first-order valence-electron chi connectivity index (χ1n) is 11.0. The number of hydrogen-bond donors (Lipinski definition) is 0. The fourth-order valence-electron chi connectivity index (χ4n) is 4.68. The van der Waals surface area contributed by atoms with Crippen LogP contribution in [0.1, 0.15) is 17.1 Å². The zero-order chi connectivity index (χ0) is 24.7. The Hall–Kier alpha value is -3.21. The molecular formula is C27H22ClF3N3P. The molecule has 178 valence electrons. The quantitative estimate of drug-likeness (QED) is 0.261. The maximum atomic E-state index is 13.5. The Balaban J connectivity index is 1.80. The van der Waals surface area contributed by atoms with Crippen LogP contribution < -0.4 is 15.9 Å². The van der Waals surface area contributed by atoms with E-state index >= 15 is 0 Å². The van der Waals surface area contributed by atoms with E-state index in [2.05, 4.69) is 10.1 Å². The molecule has 3 aromatic carbocycles. The van der Waals surface area contributed by atoms with Crippen LogP contribution in [-0.4, -0.2) is 14.6 Å². The number of fused-ring (bicyclic) bond motifs is 1. The summed E-state index contributed by atoms with van der Waals surface area (Å²) < 4.78 is 41.7. The molecule has 0 aliphatic rings. The predicted molar refractivity (Wildman–Crippen MR) is 137 cm³/mol. The Morgan fingerprint density at radius 3 is 1.63 bits per heavy atom. The molecule has 3 nitrogen and oxygen atoms in total. The van der Waals surface area contributed by atoms with Crippen molar-refractivity contribution in [1.82, 2.24) is 14.6 Å². The van der Waals surface area contributed by atoms with Crippen LogP contribution in [0.4, 0.5) is 13.2 Å². The van der Waals surface area contributed by atoms with Gasteiger partial charge in [-0.1, -0.05) is 0 Å². The van der Waals surface area contributed by atoms with Gasteiger partial charge < -0.3 is 0 Å². The van der Waals surface area contributed by atoms with Crippen molar-refractivity contribution in [3.05, 3.63) is 120 Å². The van der Waals surface area contributed by atoms with Crippen molar-refractivity contribution >= 4 is 38.8 Å². The Morgan fingerprint density at radius 2 is 1.20 bits per heavy atom. The fourth-order valence-corrected chi connectivity index (χ4v) is 10.7. The van der Waals surface area contributed by atoms with E-state index in [1.54, 1.807) is 12.1 Å². The zero-order valence-corrected chi connectivity index (χ0v) is 20.5. The molecule has 0 spiro atoms. The van der Waals surface area contributed by atoms with Crippen LogP contribution in [0.3, 0.4) is 0 Å². The molecular weight excluding hydrogens is 490 g/mol. The average Bonchev–Trinajstić information content (AvgIpc) is 3.22. The number of aromatic nitrogens is 3. The molecule has 0 bridgehead atoms. The van der Waals surface area contributed by atoms with Gasteiger partial charge in [0.1, 0.15) is 0 Å². The number of nitrogens with zero attached hydrogens (tertiary/aromatic N) is 3. The molecule has 0 atom stereocenters. The van der Waals surface area contributed by atoms with Gasteiger partial charge >= 0.3 is 206 Å². The molecule has 0 saturated carbocycles. The van der Waals surface area contributed by atoms with E-state index in [0.29, 0.717) is 11.9 Å². The van der Waals surface area contributed by atoms with Crippen molar-refractivity contribution in [2.24, 2.45) is 0 Å². The molecule has 0 radical (unpaired) electrons. The number of imidazole rings is 1. The molecule has 0 N–H and O–H groups in total. The summed E-state index contributed by atoms with van der Waals surface area (Å²) in [6.07, 6.45) is -4.23. The van der Waals surface area contributed by atoms with Crippen LogP contribution in [0.25, 0.3) is 5.65 Å². The summed E-state index contributed by atoms with van der Waals surface area (Å²) in [4.78, 5) is 3.77. The second-order valence-electron chi connectivity index (χ2n) is 8.49. The third-order valence-corrected chi connectivity index (χ3v) is 13.5. The molecule has 0 unspecified atom stereocenters. The van der Waals surface area contributed by atoms with Crippen LogP contribution in [-0.2, 0) is 12.3 Å². The molecule has 2 heterocycles. The van der Waals surface area contributed by atoms with Gasteiger partial charge in [0.15, 0.2) is 0 Å². The van der Waals surface area contributed by atoms with Gasteiger partial charge in [-0.2, -0.15) is 0 Å². The summed E-state index contributed by atoms with van der Waals surface area (Å²) in [5.74, 6) is -3.67. The Kier molecular flexibility index (Phi) is 5.70. The average molecular weight is 512 g/mol. The van der Waals surface area contributed by atoms with Gasteiger partial charge in [0.25, 0.3) is 0 Å². The van der Waals surface area contributed by atoms with E-state index in [0.717, 1.165) is 15.9 Å². The van der Waals surface area contributed by atoms with Crippen LogP contribution >= 0.6 is 17.2 Å². The molecule has 0 fully saturated rings. The van der Waals surface area contributed by atoms with Gasteiger partial charge in [0, 0.05) is 0 Å². The summed E-state index contributed by atoms with van der Waals surface area (Å²) in [5.41, 5.74) is -0.258. The summed E-state index contributed by atoms with van der Waals surface area (Å²) in [5, 5.41) is 7.49. The van der Waals surface area contributed by atoms with Gasteiger partial charge in [-0.15, -0.1) is 0 Å². The number of alkyl halides is 3. The molecule has 0 aliphatic heterocycles. The second kappa shape index (κ2) is 8.47. The minimum absolute atomic E-state index is 0.0524. The third-order valence-electron chi connectivity index (χ3n) is 6.37. The van der Waals surface area contributed by atoms with E-state index in [4.69, 9.17) is 11.2 Å². The number of aryl methyl sites for hydroxylation is 1. The van der Waals surface area contributed by atoms with E-state index in [-0.39, 0.29) is 11.3 Å². The van der Waals surface area contributed by atoms with E-state index in [9.17, 15) is 13.2 Å². The normalized spacial score (nSPS) is 13.5. The first-order valence-corrected chi connectivity index (χ1v) is 14.4. The van der Waals surface area contributed by atoms with Gasteiger partial charge in [-0.3, -0.25) is 0 Å². The predicted octanol–water partition coefficient (Wildman–Crippen LogP) is 6.24. The molecule has 8 heteroatoms. The Morgan fingerprint density at radius 1 is 0.743 bits per heavy atom. The maximum absolute atomic E-state index is 13.5. The summed E-state index contributed by atoms with van der Waals surface area (Å²) in [6.45, 7) is 1.38. The fraction of sp³-hybridized carbons (Fsp3) is 0.111. The van der Waals surface area contributed by atoms with E-state index in [1.165, 1.54) is 11.4 Å². The number of hydrogen-bond acceptors (Lipinski definition) is 2. The Bertz CT molecular complexity index is 1390. The summed E-state index contributed by atoms with van der Waals surface area (Å²) in [7, 11) is 0. The van der Waals surface area contributed by atoms with Crippen molar-refractivity contribution < 1.29 is 13.2 Å². The minimum atomic E-state index is -4.55. The van der Waals surface area contributed by atoms with Gasteiger partial charge in [0.05, 0.1) is 0 Å². The van der Waals surface area contributed by atoms with Gasteiger partial charge in [-0.25, -0.2) is 0 Å². The first-order chi connectivity index (χ1) is 16.7. The zero-order valence-electron chi connectivity index (χ0n) is 18.8. The van der Waals surface area contributed by atoms with Crippen molar-refractivity contribution in [2.75, 3.05) is 0 Å². The first kappa shape index (κ1) is 23.5. The molecule has 0 amide bonds. The van der Waals surface area contributed by atoms with E-state index < -0.39 is 17.8 Å². The number of rotatable bonds is 5. The van der Waals surface area contributed by atoms with Crippen molar-refractivity contribution in [3.8, 4) is 0 Å². The van der Waals surface area contributed by atoms with Crippen LogP contribution in [0.5, 0.6) is 0 Å². The van der Waals surface area contributed by atoms with E-state index in [1.807, 2.05) is 91.0 Å². The Labute approximate surface area is 205 Å². The van der Waals surface area contributed by atoms with Crippen molar-refractivity contribution in [1.29, 1.82) is 0 Å². The number of benzene rings is 3. The van der Waals surface area contributed by atoms with Crippen LogP contribution in [0.2, 0.25) is 0 Å². The molecule has 5 rings (SSSR count). The molecule has 0 aliphatic carbocycles. The molecule has 2 aromatic heterocycles. The summed E-state index contributed by atoms with van der Waals surface area (Å²) >= 11 is 8.06. The van der Waals surface area contributed by atoms with Crippen molar-refractivity contribution in [3.63, 3.8) is 0 Å².